The van der Waals surface area contributed by atoms with E-state index in [1.807, 2.05) is 12.5 Å². The molecule has 2 fully saturated rings. The Hall–Kier alpha value is -0.910. The summed E-state index contributed by atoms with van der Waals surface area (Å²) in [7, 11) is 2.09. The van der Waals surface area contributed by atoms with Crippen molar-refractivity contribution in [2.24, 2.45) is 7.05 Å². The summed E-state index contributed by atoms with van der Waals surface area (Å²) in [5.41, 5.74) is 1.42. The van der Waals surface area contributed by atoms with Gasteiger partial charge in [-0.1, -0.05) is 6.92 Å². The van der Waals surface area contributed by atoms with E-state index in [9.17, 15) is 0 Å². The van der Waals surface area contributed by atoms with Crippen molar-refractivity contribution in [3.8, 4) is 0 Å². The fourth-order valence-corrected chi connectivity index (χ4v) is 4.35. The van der Waals surface area contributed by atoms with Gasteiger partial charge >= 0.3 is 0 Å². The van der Waals surface area contributed by atoms with Crippen molar-refractivity contribution in [1.82, 2.24) is 19.4 Å². The molecule has 0 saturated carbocycles. The van der Waals surface area contributed by atoms with Crippen molar-refractivity contribution in [3.05, 3.63) is 18.2 Å². The van der Waals surface area contributed by atoms with E-state index in [2.05, 4.69) is 47.2 Å². The Morgan fingerprint density at radius 3 is 2.71 bits per heavy atom. The highest BCUT2D eigenvalue weighted by Gasteiger charge is 2.41. The number of aryl methyl sites for hydroxylation is 1. The zero-order chi connectivity index (χ0) is 17.2. The number of hydrogen-bond acceptors (Lipinski definition) is 4. The van der Waals surface area contributed by atoms with Crippen LogP contribution in [0.15, 0.2) is 12.5 Å². The Morgan fingerprint density at radius 2 is 2.12 bits per heavy atom. The first kappa shape index (κ1) is 17.9. The van der Waals surface area contributed by atoms with Gasteiger partial charge in [-0.3, -0.25) is 4.90 Å². The van der Waals surface area contributed by atoms with E-state index in [1.54, 1.807) is 0 Å². The number of hydrogen-bond donors (Lipinski definition) is 0. The molecule has 1 aromatic heterocycles. The van der Waals surface area contributed by atoms with Gasteiger partial charge in [-0.25, -0.2) is 4.98 Å². The molecule has 136 valence electrons. The molecule has 1 atom stereocenters. The SMILES string of the molecule is CCN(Cc1cncn1C)C1CCOC2(CCN(C(C)C)CC2)C1. The number of aromatic nitrogens is 2. The first-order valence-corrected chi connectivity index (χ1v) is 9.60. The third kappa shape index (κ3) is 3.84. The lowest BCUT2D eigenvalue weighted by molar-refractivity contribution is -0.136. The topological polar surface area (TPSA) is 33.5 Å². The molecule has 2 aliphatic heterocycles. The minimum atomic E-state index is 0.119. The molecule has 0 aromatic carbocycles. The number of rotatable bonds is 5. The Balaban J connectivity index is 1.63. The molecule has 3 heterocycles. The highest BCUT2D eigenvalue weighted by atomic mass is 16.5. The van der Waals surface area contributed by atoms with Gasteiger partial charge in [-0.2, -0.15) is 0 Å². The molecule has 1 unspecified atom stereocenters. The van der Waals surface area contributed by atoms with Crippen molar-refractivity contribution >= 4 is 0 Å². The van der Waals surface area contributed by atoms with Crippen LogP contribution in [0.25, 0.3) is 0 Å². The number of imidazole rings is 1. The molecule has 0 radical (unpaired) electrons. The molecule has 24 heavy (non-hydrogen) atoms. The van der Waals surface area contributed by atoms with Gasteiger partial charge in [0.05, 0.1) is 17.6 Å². The zero-order valence-corrected chi connectivity index (χ0v) is 15.9. The van der Waals surface area contributed by atoms with Crippen LogP contribution in [-0.4, -0.2) is 63.3 Å². The summed E-state index contributed by atoms with van der Waals surface area (Å²) < 4.78 is 8.49. The molecule has 0 N–H and O–H groups in total. The van der Waals surface area contributed by atoms with Crippen LogP contribution in [0.3, 0.4) is 0 Å². The number of piperidine rings is 1. The number of ether oxygens (including phenoxy) is 1. The molecule has 2 saturated heterocycles. The summed E-state index contributed by atoms with van der Waals surface area (Å²) in [5.74, 6) is 0. The van der Waals surface area contributed by atoms with Gasteiger partial charge in [0.25, 0.3) is 0 Å². The maximum absolute atomic E-state index is 6.35. The summed E-state index contributed by atoms with van der Waals surface area (Å²) in [6.45, 7) is 12.2. The highest BCUT2D eigenvalue weighted by Crippen LogP contribution is 2.37. The second kappa shape index (κ2) is 7.54. The van der Waals surface area contributed by atoms with Gasteiger partial charge in [-0.05, 0) is 46.1 Å². The molecule has 0 amide bonds. The Bertz CT molecular complexity index is 519. The lowest BCUT2D eigenvalue weighted by atomic mass is 9.81. The Labute approximate surface area is 147 Å². The van der Waals surface area contributed by atoms with Gasteiger partial charge in [0.2, 0.25) is 0 Å². The molecule has 2 aliphatic rings. The smallest absolute Gasteiger partial charge is 0.0945 e. The molecule has 5 nitrogen and oxygen atoms in total. The summed E-state index contributed by atoms with van der Waals surface area (Å²) >= 11 is 0. The van der Waals surface area contributed by atoms with Crippen LogP contribution in [0.4, 0.5) is 0 Å². The van der Waals surface area contributed by atoms with Crippen LogP contribution in [0.5, 0.6) is 0 Å². The van der Waals surface area contributed by atoms with E-state index in [0.717, 1.165) is 26.1 Å². The minimum absolute atomic E-state index is 0.119. The van der Waals surface area contributed by atoms with Gasteiger partial charge in [0.1, 0.15) is 0 Å². The van der Waals surface area contributed by atoms with Gasteiger partial charge < -0.3 is 14.2 Å². The first-order chi connectivity index (χ1) is 11.5. The van der Waals surface area contributed by atoms with Crippen LogP contribution in [0, 0.1) is 0 Å². The highest BCUT2D eigenvalue weighted by molar-refractivity contribution is 5.00. The number of nitrogens with zero attached hydrogens (tertiary/aromatic N) is 4. The van der Waals surface area contributed by atoms with Crippen molar-refractivity contribution in [2.75, 3.05) is 26.2 Å². The van der Waals surface area contributed by atoms with Crippen LogP contribution in [0.1, 0.15) is 52.1 Å². The molecule has 0 bridgehead atoms. The van der Waals surface area contributed by atoms with E-state index >= 15 is 0 Å². The Morgan fingerprint density at radius 1 is 1.38 bits per heavy atom. The van der Waals surface area contributed by atoms with Crippen molar-refractivity contribution in [1.29, 1.82) is 0 Å². The molecular formula is C19H34N4O. The zero-order valence-electron chi connectivity index (χ0n) is 15.9. The van der Waals surface area contributed by atoms with E-state index in [0.29, 0.717) is 12.1 Å². The fourth-order valence-electron chi connectivity index (χ4n) is 4.35. The fraction of sp³-hybridized carbons (Fsp3) is 0.842. The molecular weight excluding hydrogens is 300 g/mol. The lowest BCUT2D eigenvalue weighted by Gasteiger charge is -2.49. The second-order valence-electron chi connectivity index (χ2n) is 7.87. The van der Waals surface area contributed by atoms with Crippen LogP contribution in [0.2, 0.25) is 0 Å². The third-order valence-corrected chi connectivity index (χ3v) is 6.11. The molecule has 5 heteroatoms. The van der Waals surface area contributed by atoms with Crippen LogP contribution >= 0.6 is 0 Å². The summed E-state index contributed by atoms with van der Waals surface area (Å²) in [6, 6.07) is 1.28. The minimum Gasteiger partial charge on any atom is -0.375 e. The lowest BCUT2D eigenvalue weighted by Crippen LogP contribution is -2.54. The quantitative estimate of drug-likeness (QED) is 0.829. The van der Waals surface area contributed by atoms with E-state index in [4.69, 9.17) is 4.74 Å². The van der Waals surface area contributed by atoms with Crippen molar-refractivity contribution in [2.45, 2.75) is 70.7 Å². The first-order valence-electron chi connectivity index (χ1n) is 9.60. The van der Waals surface area contributed by atoms with E-state index in [1.165, 1.54) is 38.0 Å². The van der Waals surface area contributed by atoms with Gasteiger partial charge in [0.15, 0.2) is 0 Å². The normalized spacial score (nSPS) is 25.0. The van der Waals surface area contributed by atoms with Crippen molar-refractivity contribution in [3.63, 3.8) is 0 Å². The molecule has 3 rings (SSSR count). The van der Waals surface area contributed by atoms with Crippen LogP contribution < -0.4 is 0 Å². The molecule has 1 spiro atoms. The summed E-state index contributed by atoms with van der Waals surface area (Å²) in [4.78, 5) is 9.48. The largest absolute Gasteiger partial charge is 0.375 e. The van der Waals surface area contributed by atoms with Gasteiger partial charge in [-0.15, -0.1) is 0 Å². The predicted molar refractivity (Wildman–Crippen MR) is 96.9 cm³/mol. The van der Waals surface area contributed by atoms with Crippen LogP contribution in [-0.2, 0) is 18.3 Å². The molecule has 1 aromatic rings. The predicted octanol–water partition coefficient (Wildman–Crippen LogP) is 2.66. The standard InChI is InChI=1S/C19H34N4O/c1-5-22(14-18-13-20-15-21(18)4)17-6-11-24-19(12-17)7-9-23(10-8-19)16(2)3/h13,15-17H,5-12,14H2,1-4H3. The second-order valence-corrected chi connectivity index (χ2v) is 7.87. The monoisotopic (exact) mass is 334 g/mol. The van der Waals surface area contributed by atoms with Gasteiger partial charge in [0, 0.05) is 51.6 Å². The third-order valence-electron chi connectivity index (χ3n) is 6.11. The average Bonchev–Trinajstić information content (AvgIpc) is 2.98. The molecule has 0 aliphatic carbocycles. The summed E-state index contributed by atoms with van der Waals surface area (Å²) in [5, 5.41) is 0. The van der Waals surface area contributed by atoms with E-state index < -0.39 is 0 Å². The van der Waals surface area contributed by atoms with E-state index in [-0.39, 0.29) is 5.60 Å². The summed E-state index contributed by atoms with van der Waals surface area (Å²) in [6.07, 6.45) is 8.61. The maximum atomic E-state index is 6.35. The number of likely N-dealkylation sites (tertiary alicyclic amines) is 1. The average molecular weight is 335 g/mol. The van der Waals surface area contributed by atoms with Crippen molar-refractivity contribution < 1.29 is 4.74 Å². The maximum Gasteiger partial charge on any atom is 0.0945 e. The Kier molecular flexibility index (Phi) is 5.63.